The van der Waals surface area contributed by atoms with E-state index in [1.807, 2.05) is 17.9 Å². The molecule has 0 saturated carbocycles. The van der Waals surface area contributed by atoms with Gasteiger partial charge in [0.25, 0.3) is 0 Å². The minimum atomic E-state index is -0.180. The maximum atomic E-state index is 13.6. The molecule has 0 aliphatic rings. The zero-order chi connectivity index (χ0) is 12.1. The number of hydrogen-bond donors (Lipinski definition) is 1. The highest BCUT2D eigenvalue weighted by atomic mass is 19.1. The third-order valence-electron chi connectivity index (χ3n) is 2.86. The van der Waals surface area contributed by atoms with Crippen LogP contribution in [0.1, 0.15) is 20.8 Å². The lowest BCUT2D eigenvalue weighted by Gasteiger charge is -2.28. The molecule has 0 spiro atoms. The van der Waals surface area contributed by atoms with Gasteiger partial charge in [-0.2, -0.15) is 0 Å². The number of rotatable bonds is 5. The van der Waals surface area contributed by atoms with Crippen molar-refractivity contribution in [3.8, 4) is 0 Å². The number of halogens is 1. The Balaban J connectivity index is 2.79. The number of nitrogens with two attached hydrogens (primary N) is 1. The molecule has 0 fully saturated rings. The molecule has 1 rings (SSSR count). The highest BCUT2D eigenvalue weighted by Gasteiger charge is 2.15. The van der Waals surface area contributed by atoms with Gasteiger partial charge in [-0.05, 0) is 25.0 Å². The van der Waals surface area contributed by atoms with Crippen molar-refractivity contribution in [3.05, 3.63) is 30.1 Å². The molecule has 0 radical (unpaired) electrons. The van der Waals surface area contributed by atoms with Gasteiger partial charge < -0.3 is 10.6 Å². The summed E-state index contributed by atoms with van der Waals surface area (Å²) >= 11 is 0. The van der Waals surface area contributed by atoms with E-state index in [0.717, 1.165) is 6.54 Å². The van der Waals surface area contributed by atoms with Crippen molar-refractivity contribution in [3.63, 3.8) is 0 Å². The molecule has 2 nitrogen and oxygen atoms in total. The van der Waals surface area contributed by atoms with Gasteiger partial charge in [-0.25, -0.2) is 4.39 Å². The van der Waals surface area contributed by atoms with Gasteiger partial charge in [0, 0.05) is 19.1 Å². The summed E-state index contributed by atoms with van der Waals surface area (Å²) in [5.74, 6) is 0.223. The first-order valence-corrected chi connectivity index (χ1v) is 5.81. The van der Waals surface area contributed by atoms with E-state index in [0.29, 0.717) is 18.2 Å². The summed E-state index contributed by atoms with van der Waals surface area (Å²) < 4.78 is 13.6. The molecular formula is C13H21FN2. The van der Waals surface area contributed by atoms with Crippen LogP contribution in [0.3, 0.4) is 0 Å². The third kappa shape index (κ3) is 3.20. The van der Waals surface area contributed by atoms with E-state index in [1.54, 1.807) is 12.1 Å². The van der Waals surface area contributed by atoms with Crippen LogP contribution >= 0.6 is 0 Å². The predicted octanol–water partition coefficient (Wildman–Crippen LogP) is 2.64. The van der Waals surface area contributed by atoms with Gasteiger partial charge in [-0.3, -0.25) is 0 Å². The van der Waals surface area contributed by atoms with Gasteiger partial charge in [0.1, 0.15) is 5.82 Å². The Morgan fingerprint density at radius 1 is 1.31 bits per heavy atom. The lowest BCUT2D eigenvalue weighted by Crippen LogP contribution is -2.41. The molecule has 0 aliphatic heterocycles. The molecular weight excluding hydrogens is 203 g/mol. The Morgan fingerprint density at radius 2 is 1.94 bits per heavy atom. The number of para-hydroxylation sites is 1. The van der Waals surface area contributed by atoms with E-state index in [-0.39, 0.29) is 11.9 Å². The molecule has 0 saturated heterocycles. The number of likely N-dealkylation sites (N-methyl/N-ethyl adjacent to an activating group) is 1. The Bertz CT molecular complexity index is 325. The molecule has 0 heterocycles. The smallest absolute Gasteiger partial charge is 0.146 e. The highest BCUT2D eigenvalue weighted by molar-refractivity contribution is 5.47. The van der Waals surface area contributed by atoms with Crippen LogP contribution in [-0.4, -0.2) is 19.1 Å². The van der Waals surface area contributed by atoms with E-state index in [4.69, 9.17) is 5.73 Å². The molecule has 0 amide bonds. The standard InChI is InChI=1S/C13H21FN2/c1-4-16(9-12(15)10(2)3)13-8-6-5-7-11(13)14/h5-8,10,12H,4,9,15H2,1-3H3. The quantitative estimate of drug-likeness (QED) is 0.833. The minimum Gasteiger partial charge on any atom is -0.368 e. The fraction of sp³-hybridized carbons (Fsp3) is 0.538. The number of nitrogens with zero attached hydrogens (tertiary/aromatic N) is 1. The summed E-state index contributed by atoms with van der Waals surface area (Å²) in [5, 5.41) is 0. The van der Waals surface area contributed by atoms with Gasteiger partial charge in [-0.15, -0.1) is 0 Å². The Hall–Kier alpha value is -1.09. The van der Waals surface area contributed by atoms with Crippen molar-refractivity contribution < 1.29 is 4.39 Å². The van der Waals surface area contributed by atoms with Crippen molar-refractivity contribution in [2.24, 2.45) is 11.7 Å². The van der Waals surface area contributed by atoms with Gasteiger partial charge in [0.05, 0.1) is 5.69 Å². The third-order valence-corrected chi connectivity index (χ3v) is 2.86. The first-order chi connectivity index (χ1) is 7.56. The number of hydrogen-bond acceptors (Lipinski definition) is 2. The first-order valence-electron chi connectivity index (χ1n) is 5.81. The molecule has 3 heteroatoms. The lowest BCUT2D eigenvalue weighted by molar-refractivity contribution is 0.484. The normalized spacial score (nSPS) is 12.9. The molecule has 1 aromatic carbocycles. The summed E-state index contributed by atoms with van der Waals surface area (Å²) in [7, 11) is 0. The van der Waals surface area contributed by atoms with E-state index in [9.17, 15) is 4.39 Å². The van der Waals surface area contributed by atoms with Crippen molar-refractivity contribution >= 4 is 5.69 Å². The monoisotopic (exact) mass is 224 g/mol. The molecule has 1 unspecified atom stereocenters. The van der Waals surface area contributed by atoms with Crippen molar-refractivity contribution in [1.29, 1.82) is 0 Å². The Labute approximate surface area is 97.3 Å². The molecule has 0 aromatic heterocycles. The van der Waals surface area contributed by atoms with Crippen LogP contribution in [0.25, 0.3) is 0 Å². The fourth-order valence-corrected chi connectivity index (χ4v) is 1.57. The van der Waals surface area contributed by atoms with Crippen molar-refractivity contribution in [1.82, 2.24) is 0 Å². The maximum Gasteiger partial charge on any atom is 0.146 e. The maximum absolute atomic E-state index is 13.6. The molecule has 2 N–H and O–H groups in total. The second kappa shape index (κ2) is 5.85. The van der Waals surface area contributed by atoms with Crippen LogP contribution in [0, 0.1) is 11.7 Å². The molecule has 16 heavy (non-hydrogen) atoms. The van der Waals surface area contributed by atoms with E-state index in [1.165, 1.54) is 6.07 Å². The second-order valence-corrected chi connectivity index (χ2v) is 4.40. The summed E-state index contributed by atoms with van der Waals surface area (Å²) in [6.07, 6.45) is 0. The van der Waals surface area contributed by atoms with Crippen LogP contribution in [-0.2, 0) is 0 Å². The molecule has 90 valence electrons. The molecule has 1 atom stereocenters. The summed E-state index contributed by atoms with van der Waals surface area (Å²) in [6, 6.07) is 6.90. The van der Waals surface area contributed by atoms with E-state index < -0.39 is 0 Å². The second-order valence-electron chi connectivity index (χ2n) is 4.40. The molecule has 0 bridgehead atoms. The number of benzene rings is 1. The largest absolute Gasteiger partial charge is 0.368 e. The highest BCUT2D eigenvalue weighted by Crippen LogP contribution is 2.19. The minimum absolute atomic E-state index is 0.0690. The van der Waals surface area contributed by atoms with Gasteiger partial charge in [-0.1, -0.05) is 26.0 Å². The molecule has 0 aliphatic carbocycles. The van der Waals surface area contributed by atoms with Crippen LogP contribution < -0.4 is 10.6 Å². The average molecular weight is 224 g/mol. The first kappa shape index (κ1) is 13.0. The lowest BCUT2D eigenvalue weighted by atomic mass is 10.0. The van der Waals surface area contributed by atoms with Gasteiger partial charge in [0.15, 0.2) is 0 Å². The zero-order valence-electron chi connectivity index (χ0n) is 10.3. The summed E-state index contributed by atoms with van der Waals surface area (Å²) in [4.78, 5) is 1.99. The molecule has 1 aromatic rings. The summed E-state index contributed by atoms with van der Waals surface area (Å²) in [6.45, 7) is 7.63. The predicted molar refractivity (Wildman–Crippen MR) is 67.1 cm³/mol. The van der Waals surface area contributed by atoms with E-state index in [2.05, 4.69) is 13.8 Å². The fourth-order valence-electron chi connectivity index (χ4n) is 1.57. The van der Waals surface area contributed by atoms with Crippen LogP contribution in [0.5, 0.6) is 0 Å². The van der Waals surface area contributed by atoms with Crippen LogP contribution in [0.2, 0.25) is 0 Å². The SMILES string of the molecule is CCN(CC(N)C(C)C)c1ccccc1F. The van der Waals surface area contributed by atoms with Gasteiger partial charge in [0.2, 0.25) is 0 Å². The van der Waals surface area contributed by atoms with Gasteiger partial charge >= 0.3 is 0 Å². The van der Waals surface area contributed by atoms with Crippen molar-refractivity contribution in [2.45, 2.75) is 26.8 Å². The Kier molecular flexibility index (Phi) is 4.74. The van der Waals surface area contributed by atoms with Crippen LogP contribution in [0.15, 0.2) is 24.3 Å². The van der Waals surface area contributed by atoms with E-state index >= 15 is 0 Å². The van der Waals surface area contributed by atoms with Crippen molar-refractivity contribution in [2.75, 3.05) is 18.0 Å². The van der Waals surface area contributed by atoms with Crippen LogP contribution in [0.4, 0.5) is 10.1 Å². The topological polar surface area (TPSA) is 29.3 Å². The average Bonchev–Trinajstić information content (AvgIpc) is 2.26. The Morgan fingerprint density at radius 3 is 2.44 bits per heavy atom. The zero-order valence-corrected chi connectivity index (χ0v) is 10.3. The number of anilines is 1. The summed E-state index contributed by atoms with van der Waals surface area (Å²) in [5.41, 5.74) is 6.66.